The molecule has 1 amide bonds. The minimum absolute atomic E-state index is 0.0695. The fourth-order valence-electron chi connectivity index (χ4n) is 3.21. The first-order chi connectivity index (χ1) is 12.7. The summed E-state index contributed by atoms with van der Waals surface area (Å²) in [6.07, 6.45) is 5.67. The molecule has 0 aromatic rings. The number of carbonyl (C=O) groups excluding carboxylic acids is 3. The van der Waals surface area contributed by atoms with E-state index in [9.17, 15) is 14.4 Å². The average Bonchev–Trinajstić information content (AvgIpc) is 2.64. The molecule has 0 saturated carbocycles. The van der Waals surface area contributed by atoms with E-state index in [1.807, 2.05) is 0 Å². The predicted molar refractivity (Wildman–Crippen MR) is 103 cm³/mol. The van der Waals surface area contributed by atoms with Crippen LogP contribution in [0.1, 0.15) is 51.4 Å². The average molecular weight is 386 g/mol. The van der Waals surface area contributed by atoms with Crippen molar-refractivity contribution in [2.24, 2.45) is 5.92 Å². The Hall–Kier alpha value is -1.63. The van der Waals surface area contributed by atoms with Crippen LogP contribution in [0, 0.1) is 5.92 Å². The monoisotopic (exact) mass is 385 g/mol. The molecule has 0 aliphatic carbocycles. The van der Waals surface area contributed by atoms with E-state index >= 15 is 0 Å². The van der Waals surface area contributed by atoms with Gasteiger partial charge in [0.2, 0.25) is 0 Å². The number of unbranched alkanes of at least 4 members (excludes halogenated alkanes) is 3. The van der Waals surface area contributed by atoms with Crippen molar-refractivity contribution in [2.45, 2.75) is 51.4 Å². The topological polar surface area (TPSA) is 72.9 Å². The standard InChI is InChI=1S/C20H37N2O5/c1-22(2,3)15-7-5-6-8-16-27-20(25)21-13-11-17(12-14-21)18(23)9-10-19(24)26-4/h17H,5-16H2,1-4H3/q+1. The van der Waals surface area contributed by atoms with Gasteiger partial charge in [0.25, 0.3) is 0 Å². The minimum Gasteiger partial charge on any atom is -0.469 e. The third-order valence-electron chi connectivity index (χ3n) is 4.96. The summed E-state index contributed by atoms with van der Waals surface area (Å²) >= 11 is 0. The van der Waals surface area contributed by atoms with E-state index in [4.69, 9.17) is 4.74 Å². The van der Waals surface area contributed by atoms with Gasteiger partial charge in [-0.05, 0) is 38.5 Å². The van der Waals surface area contributed by atoms with Gasteiger partial charge in [0.05, 0.1) is 47.8 Å². The second-order valence-corrected chi connectivity index (χ2v) is 8.35. The molecule has 27 heavy (non-hydrogen) atoms. The number of ether oxygens (including phenoxy) is 2. The fourth-order valence-corrected chi connectivity index (χ4v) is 3.21. The van der Waals surface area contributed by atoms with Gasteiger partial charge < -0.3 is 18.9 Å². The highest BCUT2D eigenvalue weighted by Crippen LogP contribution is 2.20. The molecule has 1 fully saturated rings. The van der Waals surface area contributed by atoms with Crippen LogP contribution in [0.5, 0.6) is 0 Å². The number of esters is 1. The predicted octanol–water partition coefficient (Wildman–Crippen LogP) is 2.62. The maximum Gasteiger partial charge on any atom is 0.409 e. The summed E-state index contributed by atoms with van der Waals surface area (Å²) in [5.41, 5.74) is 0. The molecule has 0 radical (unpaired) electrons. The van der Waals surface area contributed by atoms with Crippen molar-refractivity contribution in [3.8, 4) is 0 Å². The van der Waals surface area contributed by atoms with Crippen LogP contribution in [0.25, 0.3) is 0 Å². The number of Topliss-reactive ketones (excluding diaryl/α,β-unsaturated/α-hetero) is 1. The lowest BCUT2D eigenvalue weighted by molar-refractivity contribution is -0.870. The lowest BCUT2D eigenvalue weighted by Crippen LogP contribution is -2.40. The first-order valence-corrected chi connectivity index (χ1v) is 10.0. The van der Waals surface area contributed by atoms with Crippen molar-refractivity contribution >= 4 is 17.8 Å². The molecular weight excluding hydrogens is 348 g/mol. The molecule has 1 heterocycles. The lowest BCUT2D eigenvalue weighted by atomic mass is 9.90. The zero-order valence-corrected chi connectivity index (χ0v) is 17.5. The highest BCUT2D eigenvalue weighted by Gasteiger charge is 2.28. The Bertz CT molecular complexity index is 479. The molecule has 0 bridgehead atoms. The van der Waals surface area contributed by atoms with Crippen molar-refractivity contribution in [1.82, 2.24) is 4.90 Å². The zero-order chi connectivity index (χ0) is 20.3. The van der Waals surface area contributed by atoms with Crippen LogP contribution in [0.3, 0.4) is 0 Å². The Morgan fingerprint density at radius 1 is 0.963 bits per heavy atom. The highest BCUT2D eigenvalue weighted by molar-refractivity contribution is 5.85. The van der Waals surface area contributed by atoms with E-state index in [1.165, 1.54) is 13.5 Å². The zero-order valence-electron chi connectivity index (χ0n) is 17.5. The van der Waals surface area contributed by atoms with Gasteiger partial charge in [-0.2, -0.15) is 0 Å². The van der Waals surface area contributed by atoms with E-state index in [1.54, 1.807) is 4.90 Å². The molecule has 7 nitrogen and oxygen atoms in total. The van der Waals surface area contributed by atoms with Gasteiger partial charge in [0, 0.05) is 25.4 Å². The molecule has 1 rings (SSSR count). The largest absolute Gasteiger partial charge is 0.469 e. The summed E-state index contributed by atoms with van der Waals surface area (Å²) in [6.45, 7) is 2.70. The third kappa shape index (κ3) is 10.3. The number of hydrogen-bond donors (Lipinski definition) is 0. The van der Waals surface area contributed by atoms with Crippen molar-refractivity contribution < 1.29 is 28.3 Å². The molecule has 7 heteroatoms. The number of rotatable bonds is 11. The van der Waals surface area contributed by atoms with Crippen molar-refractivity contribution in [3.63, 3.8) is 0 Å². The van der Waals surface area contributed by atoms with Crippen LogP contribution in [-0.2, 0) is 19.1 Å². The van der Waals surface area contributed by atoms with Crippen LogP contribution in [-0.4, -0.2) is 81.7 Å². The van der Waals surface area contributed by atoms with Crippen LogP contribution >= 0.6 is 0 Å². The van der Waals surface area contributed by atoms with Gasteiger partial charge in [-0.3, -0.25) is 9.59 Å². The maximum atomic E-state index is 12.1. The van der Waals surface area contributed by atoms with Crippen LogP contribution in [0.4, 0.5) is 4.79 Å². The fraction of sp³-hybridized carbons (Fsp3) is 0.850. The minimum atomic E-state index is -0.359. The van der Waals surface area contributed by atoms with E-state index in [-0.39, 0.29) is 36.6 Å². The van der Waals surface area contributed by atoms with E-state index in [0.29, 0.717) is 32.5 Å². The summed E-state index contributed by atoms with van der Waals surface area (Å²) in [7, 11) is 7.90. The van der Waals surface area contributed by atoms with Gasteiger partial charge >= 0.3 is 12.1 Å². The van der Waals surface area contributed by atoms with Crippen molar-refractivity contribution in [1.29, 1.82) is 0 Å². The number of carbonyl (C=O) groups is 3. The molecule has 156 valence electrons. The molecule has 0 spiro atoms. The molecule has 0 unspecified atom stereocenters. The number of likely N-dealkylation sites (tertiary alicyclic amines) is 1. The highest BCUT2D eigenvalue weighted by atomic mass is 16.6. The number of nitrogens with zero attached hydrogens (tertiary/aromatic N) is 2. The van der Waals surface area contributed by atoms with E-state index in [2.05, 4.69) is 25.9 Å². The van der Waals surface area contributed by atoms with Gasteiger partial charge in [0.1, 0.15) is 5.78 Å². The van der Waals surface area contributed by atoms with Crippen LogP contribution in [0.2, 0.25) is 0 Å². The number of quaternary nitrogens is 1. The van der Waals surface area contributed by atoms with E-state index in [0.717, 1.165) is 30.3 Å². The van der Waals surface area contributed by atoms with Crippen LogP contribution < -0.4 is 0 Å². The van der Waals surface area contributed by atoms with Crippen molar-refractivity contribution in [2.75, 3.05) is 54.5 Å². The Morgan fingerprint density at radius 2 is 1.59 bits per heavy atom. The van der Waals surface area contributed by atoms with Crippen molar-refractivity contribution in [3.05, 3.63) is 0 Å². The summed E-state index contributed by atoms with van der Waals surface area (Å²) in [5, 5.41) is 0. The Balaban J connectivity index is 2.11. The first-order valence-electron chi connectivity index (χ1n) is 10.0. The normalized spacial score (nSPS) is 15.5. The molecule has 1 aliphatic heterocycles. The molecule has 0 atom stereocenters. The number of ketones is 1. The molecule has 1 saturated heterocycles. The van der Waals surface area contributed by atoms with Gasteiger partial charge in [-0.15, -0.1) is 0 Å². The van der Waals surface area contributed by atoms with Gasteiger partial charge in [0.15, 0.2) is 0 Å². The summed E-state index contributed by atoms with van der Waals surface area (Å²) in [4.78, 5) is 37.0. The molecular formula is C20H37N2O5+. The Labute approximate surface area is 163 Å². The third-order valence-corrected chi connectivity index (χ3v) is 4.96. The quantitative estimate of drug-likeness (QED) is 0.311. The Kier molecular flexibility index (Phi) is 10.4. The molecule has 0 aromatic carbocycles. The Morgan fingerprint density at radius 3 is 2.19 bits per heavy atom. The number of hydrogen-bond acceptors (Lipinski definition) is 5. The van der Waals surface area contributed by atoms with Gasteiger partial charge in [-0.1, -0.05) is 0 Å². The summed E-state index contributed by atoms with van der Waals surface area (Å²) in [5.74, 6) is -0.343. The number of methoxy groups -OCH3 is 1. The second-order valence-electron chi connectivity index (χ2n) is 8.35. The summed E-state index contributed by atoms with van der Waals surface area (Å²) < 4.78 is 10.9. The maximum absolute atomic E-state index is 12.1. The molecule has 0 aromatic heterocycles. The van der Waals surface area contributed by atoms with Gasteiger partial charge in [-0.25, -0.2) is 4.79 Å². The SMILES string of the molecule is COC(=O)CCC(=O)C1CCN(C(=O)OCCCCCC[N+](C)(C)C)CC1. The van der Waals surface area contributed by atoms with Crippen LogP contribution in [0.15, 0.2) is 0 Å². The first kappa shape index (κ1) is 23.4. The smallest absolute Gasteiger partial charge is 0.409 e. The summed E-state index contributed by atoms with van der Waals surface area (Å²) in [6, 6.07) is 0. The molecule has 0 N–H and O–H groups in total. The molecule has 1 aliphatic rings. The second kappa shape index (κ2) is 12.0. The number of amides is 1. The lowest BCUT2D eigenvalue weighted by Gasteiger charge is -2.30. The van der Waals surface area contributed by atoms with E-state index < -0.39 is 0 Å². The number of piperidine rings is 1.